The lowest BCUT2D eigenvalue weighted by atomic mass is 10.3. The number of rotatable bonds is 7. The molecule has 0 unspecified atom stereocenters. The number of ether oxygens (including phenoxy) is 1. The van der Waals surface area contributed by atoms with E-state index in [1.54, 1.807) is 0 Å². The Morgan fingerprint density at radius 2 is 1.78 bits per heavy atom. The van der Waals surface area contributed by atoms with E-state index < -0.39 is 0 Å². The zero-order valence-corrected chi connectivity index (χ0v) is 17.1. The maximum Gasteiger partial charge on any atom is 0.222 e. The molecule has 0 atom stereocenters. The molecule has 8 heteroatoms. The summed E-state index contributed by atoms with van der Waals surface area (Å²) in [6.45, 7) is 11.5. The van der Waals surface area contributed by atoms with E-state index in [0.29, 0.717) is 13.0 Å². The quantitative estimate of drug-likeness (QED) is 0.644. The number of carbonyl (C=O) groups is 1. The summed E-state index contributed by atoms with van der Waals surface area (Å²) < 4.78 is 7.78. The monoisotopic (exact) mass is 378 g/mol. The molecule has 0 N–H and O–H groups in total. The van der Waals surface area contributed by atoms with Crippen molar-refractivity contribution in [2.45, 2.75) is 19.8 Å². The highest BCUT2D eigenvalue weighted by Crippen LogP contribution is 2.21. The Balaban J connectivity index is 1.41. The van der Waals surface area contributed by atoms with E-state index in [1.165, 1.54) is 0 Å². The lowest BCUT2D eigenvalue weighted by molar-refractivity contribution is -0.131. The number of hydrogen-bond acceptors (Lipinski definition) is 6. The summed E-state index contributed by atoms with van der Waals surface area (Å²) >= 11 is 0. The van der Waals surface area contributed by atoms with Crippen molar-refractivity contribution in [2.75, 3.05) is 77.5 Å². The van der Waals surface area contributed by atoms with Crippen LogP contribution in [0, 0.1) is 0 Å². The third kappa shape index (κ3) is 5.35. The first kappa shape index (κ1) is 19.9. The van der Waals surface area contributed by atoms with Crippen molar-refractivity contribution in [1.82, 2.24) is 24.5 Å². The average molecular weight is 379 g/mol. The average Bonchev–Trinajstić information content (AvgIpc) is 3.07. The Bertz CT molecular complexity index is 603. The molecule has 0 radical (unpaired) electrons. The van der Waals surface area contributed by atoms with Crippen LogP contribution in [0.3, 0.4) is 0 Å². The smallest absolute Gasteiger partial charge is 0.222 e. The van der Waals surface area contributed by atoms with Gasteiger partial charge >= 0.3 is 0 Å². The van der Waals surface area contributed by atoms with E-state index in [-0.39, 0.29) is 5.91 Å². The molecule has 8 nitrogen and oxygen atoms in total. The molecule has 2 aliphatic heterocycles. The lowest BCUT2D eigenvalue weighted by Crippen LogP contribution is -2.48. The Kier molecular flexibility index (Phi) is 6.95. The molecule has 152 valence electrons. The van der Waals surface area contributed by atoms with E-state index in [1.807, 2.05) is 29.6 Å². The number of nitrogens with zero attached hydrogens (tertiary/aromatic N) is 6. The van der Waals surface area contributed by atoms with Crippen LogP contribution in [0.5, 0.6) is 5.88 Å². The van der Waals surface area contributed by atoms with Crippen molar-refractivity contribution >= 4 is 11.7 Å². The first-order valence-corrected chi connectivity index (χ1v) is 10.2. The van der Waals surface area contributed by atoms with Crippen LogP contribution in [0.15, 0.2) is 6.07 Å². The summed E-state index contributed by atoms with van der Waals surface area (Å²) in [7, 11) is 4.11. The number of aromatic nitrogens is 2. The second-order valence-electron chi connectivity index (χ2n) is 7.53. The third-order valence-electron chi connectivity index (χ3n) is 5.55. The molecule has 2 fully saturated rings. The van der Waals surface area contributed by atoms with Gasteiger partial charge in [-0.3, -0.25) is 4.79 Å². The highest BCUT2D eigenvalue weighted by Gasteiger charge is 2.22. The summed E-state index contributed by atoms with van der Waals surface area (Å²) in [5.74, 6) is 1.99. The molecule has 1 aromatic heterocycles. The number of anilines is 1. The summed E-state index contributed by atoms with van der Waals surface area (Å²) in [5, 5.41) is 4.60. The van der Waals surface area contributed by atoms with Gasteiger partial charge in [-0.1, -0.05) is 6.92 Å². The Labute approximate surface area is 162 Å². The SMILES string of the molecule is CCC(=O)N1CCN(c2cc(OCCCN3CCN(C)CC3)n(C)n2)CC1. The van der Waals surface area contributed by atoms with E-state index >= 15 is 0 Å². The van der Waals surface area contributed by atoms with Crippen molar-refractivity contribution in [3.05, 3.63) is 6.07 Å². The van der Waals surface area contributed by atoms with Gasteiger partial charge in [-0.25, -0.2) is 4.68 Å². The normalized spacial score (nSPS) is 19.5. The number of likely N-dealkylation sites (N-methyl/N-ethyl adjacent to an activating group) is 1. The predicted octanol–water partition coefficient (Wildman–Crippen LogP) is 0.495. The van der Waals surface area contributed by atoms with Crippen molar-refractivity contribution in [1.29, 1.82) is 0 Å². The number of amides is 1. The summed E-state index contributed by atoms with van der Waals surface area (Å²) in [4.78, 5) is 20.9. The molecule has 0 spiro atoms. The number of piperazine rings is 2. The first-order chi connectivity index (χ1) is 13.1. The molecular formula is C19H34N6O2. The van der Waals surface area contributed by atoms with Crippen LogP contribution >= 0.6 is 0 Å². The first-order valence-electron chi connectivity index (χ1n) is 10.2. The van der Waals surface area contributed by atoms with Crippen LogP contribution in [0.2, 0.25) is 0 Å². The van der Waals surface area contributed by atoms with Gasteiger partial charge in [0.15, 0.2) is 5.82 Å². The number of aryl methyl sites for hydroxylation is 1. The summed E-state index contributed by atoms with van der Waals surface area (Å²) in [6, 6.07) is 2.02. The standard InChI is InChI=1S/C19H34N6O2/c1-4-18(26)25-13-11-24(12-14-25)17-16-19(22(3)20-17)27-15-5-6-23-9-7-21(2)8-10-23/h16H,4-15H2,1-3H3. The van der Waals surface area contributed by atoms with Crippen LogP contribution in [-0.4, -0.2) is 103 Å². The highest BCUT2D eigenvalue weighted by atomic mass is 16.5. The lowest BCUT2D eigenvalue weighted by Gasteiger charge is -2.34. The fourth-order valence-electron chi connectivity index (χ4n) is 3.67. The van der Waals surface area contributed by atoms with Gasteiger partial charge < -0.3 is 24.3 Å². The van der Waals surface area contributed by atoms with Crippen LogP contribution in [0.4, 0.5) is 5.82 Å². The van der Waals surface area contributed by atoms with Crippen molar-refractivity contribution < 1.29 is 9.53 Å². The van der Waals surface area contributed by atoms with Gasteiger partial charge in [-0.15, -0.1) is 0 Å². The fourth-order valence-corrected chi connectivity index (χ4v) is 3.67. The van der Waals surface area contributed by atoms with Gasteiger partial charge in [0.1, 0.15) is 0 Å². The second-order valence-corrected chi connectivity index (χ2v) is 7.53. The molecule has 0 bridgehead atoms. The molecule has 3 heterocycles. The van der Waals surface area contributed by atoms with Crippen molar-refractivity contribution in [2.24, 2.45) is 7.05 Å². The molecule has 1 aromatic rings. The second kappa shape index (κ2) is 9.41. The van der Waals surface area contributed by atoms with Gasteiger partial charge in [0.25, 0.3) is 0 Å². The van der Waals surface area contributed by atoms with Crippen LogP contribution in [-0.2, 0) is 11.8 Å². The van der Waals surface area contributed by atoms with Gasteiger partial charge in [0, 0.05) is 78.4 Å². The van der Waals surface area contributed by atoms with Gasteiger partial charge in [0.2, 0.25) is 11.8 Å². The maximum absolute atomic E-state index is 11.8. The van der Waals surface area contributed by atoms with Gasteiger partial charge in [-0.05, 0) is 13.5 Å². The topological polar surface area (TPSA) is 57.1 Å². The fraction of sp³-hybridized carbons (Fsp3) is 0.789. The van der Waals surface area contributed by atoms with Crippen molar-refractivity contribution in [3.63, 3.8) is 0 Å². The van der Waals surface area contributed by atoms with Gasteiger partial charge in [0.05, 0.1) is 6.61 Å². The van der Waals surface area contributed by atoms with E-state index in [4.69, 9.17) is 4.74 Å². The molecule has 1 amide bonds. The molecule has 0 aliphatic carbocycles. The maximum atomic E-state index is 11.8. The number of hydrogen-bond donors (Lipinski definition) is 0. The van der Waals surface area contributed by atoms with E-state index in [2.05, 4.69) is 26.8 Å². The van der Waals surface area contributed by atoms with Gasteiger partial charge in [-0.2, -0.15) is 5.10 Å². The molecule has 2 aliphatic rings. The minimum Gasteiger partial charge on any atom is -0.478 e. The van der Waals surface area contributed by atoms with Crippen molar-refractivity contribution in [3.8, 4) is 5.88 Å². The summed E-state index contributed by atoms with van der Waals surface area (Å²) in [5.41, 5.74) is 0. The molecule has 3 rings (SSSR count). The minimum atomic E-state index is 0.236. The van der Waals surface area contributed by atoms with E-state index in [0.717, 1.165) is 77.0 Å². The molecule has 0 aromatic carbocycles. The Morgan fingerprint density at radius 3 is 2.44 bits per heavy atom. The largest absolute Gasteiger partial charge is 0.478 e. The summed E-state index contributed by atoms with van der Waals surface area (Å²) in [6.07, 6.45) is 1.61. The molecule has 0 saturated carbocycles. The predicted molar refractivity (Wildman–Crippen MR) is 106 cm³/mol. The zero-order valence-electron chi connectivity index (χ0n) is 17.1. The Morgan fingerprint density at radius 1 is 1.07 bits per heavy atom. The minimum absolute atomic E-state index is 0.236. The highest BCUT2D eigenvalue weighted by molar-refractivity contribution is 5.76. The van der Waals surface area contributed by atoms with Crippen LogP contribution in [0.25, 0.3) is 0 Å². The third-order valence-corrected chi connectivity index (χ3v) is 5.55. The molecular weight excluding hydrogens is 344 g/mol. The van der Waals surface area contributed by atoms with Crippen LogP contribution in [0.1, 0.15) is 19.8 Å². The molecule has 2 saturated heterocycles. The van der Waals surface area contributed by atoms with E-state index in [9.17, 15) is 4.79 Å². The molecule has 27 heavy (non-hydrogen) atoms. The Hall–Kier alpha value is -1.80. The van der Waals surface area contributed by atoms with Crippen LogP contribution < -0.4 is 9.64 Å². The zero-order chi connectivity index (χ0) is 19.2. The number of carbonyl (C=O) groups excluding carboxylic acids is 1.